The Labute approximate surface area is 105 Å². The second-order valence-corrected chi connectivity index (χ2v) is 6.56. The molecule has 1 rings (SSSR count). The average Bonchev–Trinajstić information content (AvgIpc) is 2.52. The fourth-order valence-corrected chi connectivity index (χ4v) is 3.24. The average molecular weight is 238 g/mol. The monoisotopic (exact) mass is 238 g/mol. The molecule has 1 heterocycles. The Morgan fingerprint density at radius 2 is 1.94 bits per heavy atom. The molecule has 1 aromatic rings. The molecule has 1 atom stereocenters. The zero-order valence-electron chi connectivity index (χ0n) is 11.3. The van der Waals surface area contributed by atoms with Gasteiger partial charge in [-0.1, -0.05) is 46.0 Å². The molecule has 1 aromatic heterocycles. The summed E-state index contributed by atoms with van der Waals surface area (Å²) in [6.07, 6.45) is 8.26. The third-order valence-electron chi connectivity index (χ3n) is 3.26. The summed E-state index contributed by atoms with van der Waals surface area (Å²) in [5.41, 5.74) is 1.59. The largest absolute Gasteiger partial charge is 0.146 e. The summed E-state index contributed by atoms with van der Waals surface area (Å²) < 4.78 is 0. The van der Waals surface area contributed by atoms with Crippen LogP contribution in [-0.4, -0.2) is 0 Å². The van der Waals surface area contributed by atoms with Crippen LogP contribution in [0.1, 0.15) is 61.3 Å². The SMILES string of the molecule is CCCCCC[C@@H](C)Cc1cc(C)sc1C. The van der Waals surface area contributed by atoms with Gasteiger partial charge in [-0.2, -0.15) is 0 Å². The van der Waals surface area contributed by atoms with Crippen LogP contribution >= 0.6 is 11.3 Å². The number of unbranched alkanes of at least 4 members (excludes halogenated alkanes) is 3. The van der Waals surface area contributed by atoms with Crippen LogP contribution in [0.25, 0.3) is 0 Å². The Morgan fingerprint density at radius 3 is 2.50 bits per heavy atom. The zero-order chi connectivity index (χ0) is 12.0. The molecule has 0 saturated carbocycles. The van der Waals surface area contributed by atoms with Crippen molar-refractivity contribution in [2.24, 2.45) is 5.92 Å². The Kier molecular flexibility index (Phi) is 6.12. The van der Waals surface area contributed by atoms with E-state index in [2.05, 4.69) is 33.8 Å². The van der Waals surface area contributed by atoms with Gasteiger partial charge in [0.05, 0.1) is 0 Å². The van der Waals surface area contributed by atoms with Crippen LogP contribution in [0.3, 0.4) is 0 Å². The van der Waals surface area contributed by atoms with E-state index < -0.39 is 0 Å². The molecule has 0 aliphatic heterocycles. The van der Waals surface area contributed by atoms with Crippen molar-refractivity contribution in [2.45, 2.75) is 66.2 Å². The maximum atomic E-state index is 2.40. The second kappa shape index (κ2) is 7.11. The molecule has 0 aromatic carbocycles. The summed E-state index contributed by atoms with van der Waals surface area (Å²) in [6, 6.07) is 2.38. The predicted molar refractivity (Wildman–Crippen MR) is 75.4 cm³/mol. The van der Waals surface area contributed by atoms with Crippen LogP contribution < -0.4 is 0 Å². The molecule has 0 nitrogen and oxygen atoms in total. The van der Waals surface area contributed by atoms with Crippen molar-refractivity contribution in [1.29, 1.82) is 0 Å². The fraction of sp³-hybridized carbons (Fsp3) is 0.733. The third-order valence-corrected chi connectivity index (χ3v) is 4.27. The Bertz CT molecular complexity index is 298. The van der Waals surface area contributed by atoms with E-state index in [4.69, 9.17) is 0 Å². The third kappa shape index (κ3) is 4.69. The van der Waals surface area contributed by atoms with Gasteiger partial charge in [-0.05, 0) is 37.8 Å². The molecule has 0 N–H and O–H groups in total. The molecule has 1 heteroatoms. The molecule has 16 heavy (non-hydrogen) atoms. The van der Waals surface area contributed by atoms with E-state index in [-0.39, 0.29) is 0 Å². The Balaban J connectivity index is 2.28. The Morgan fingerprint density at radius 1 is 1.19 bits per heavy atom. The van der Waals surface area contributed by atoms with E-state index in [1.165, 1.54) is 48.3 Å². The van der Waals surface area contributed by atoms with Gasteiger partial charge in [0.25, 0.3) is 0 Å². The van der Waals surface area contributed by atoms with Crippen LogP contribution in [0, 0.1) is 19.8 Å². The Hall–Kier alpha value is -0.300. The summed E-state index contributed by atoms with van der Waals surface area (Å²) in [6.45, 7) is 9.16. The van der Waals surface area contributed by atoms with Crippen molar-refractivity contribution in [3.8, 4) is 0 Å². The van der Waals surface area contributed by atoms with Crippen LogP contribution in [0.5, 0.6) is 0 Å². The van der Waals surface area contributed by atoms with Gasteiger partial charge in [-0.15, -0.1) is 11.3 Å². The first-order chi connectivity index (χ1) is 7.63. The summed E-state index contributed by atoms with van der Waals surface area (Å²) >= 11 is 1.94. The summed E-state index contributed by atoms with van der Waals surface area (Å²) in [7, 11) is 0. The molecule has 0 saturated heterocycles. The molecular weight excluding hydrogens is 212 g/mol. The number of aryl methyl sites for hydroxylation is 2. The van der Waals surface area contributed by atoms with Crippen LogP contribution in [0.2, 0.25) is 0 Å². The highest BCUT2D eigenvalue weighted by atomic mass is 32.1. The normalized spacial score (nSPS) is 13.0. The fourth-order valence-electron chi connectivity index (χ4n) is 2.28. The lowest BCUT2D eigenvalue weighted by atomic mass is 9.95. The molecule has 0 fully saturated rings. The maximum absolute atomic E-state index is 2.40. The molecule has 0 aliphatic carbocycles. The number of thiophene rings is 1. The molecule has 0 bridgehead atoms. The number of hydrogen-bond donors (Lipinski definition) is 0. The predicted octanol–water partition coefficient (Wildman–Crippen LogP) is 5.51. The van der Waals surface area contributed by atoms with Gasteiger partial charge in [0.15, 0.2) is 0 Å². The van der Waals surface area contributed by atoms with E-state index in [1.54, 1.807) is 5.56 Å². The maximum Gasteiger partial charge on any atom is 0.00491 e. The van der Waals surface area contributed by atoms with Crippen molar-refractivity contribution in [2.75, 3.05) is 0 Å². The van der Waals surface area contributed by atoms with E-state index in [1.807, 2.05) is 11.3 Å². The van der Waals surface area contributed by atoms with Gasteiger partial charge < -0.3 is 0 Å². The van der Waals surface area contributed by atoms with Crippen molar-refractivity contribution >= 4 is 11.3 Å². The number of rotatable bonds is 7. The smallest absolute Gasteiger partial charge is 0.00491 e. The van der Waals surface area contributed by atoms with E-state index in [0.29, 0.717) is 0 Å². The van der Waals surface area contributed by atoms with Crippen molar-refractivity contribution < 1.29 is 0 Å². The lowest BCUT2D eigenvalue weighted by molar-refractivity contribution is 0.487. The van der Waals surface area contributed by atoms with Crippen molar-refractivity contribution in [1.82, 2.24) is 0 Å². The first-order valence-corrected chi connectivity index (χ1v) is 7.51. The van der Waals surface area contributed by atoms with E-state index in [9.17, 15) is 0 Å². The second-order valence-electron chi connectivity index (χ2n) is 5.10. The van der Waals surface area contributed by atoms with Gasteiger partial charge in [0, 0.05) is 9.75 Å². The first-order valence-electron chi connectivity index (χ1n) is 6.69. The molecule has 0 aliphatic rings. The highest BCUT2D eigenvalue weighted by Crippen LogP contribution is 2.24. The minimum atomic E-state index is 0.851. The minimum absolute atomic E-state index is 0.851. The van der Waals surface area contributed by atoms with Gasteiger partial charge in [0.2, 0.25) is 0 Å². The quantitative estimate of drug-likeness (QED) is 0.549. The lowest BCUT2D eigenvalue weighted by Crippen LogP contribution is -1.99. The van der Waals surface area contributed by atoms with E-state index >= 15 is 0 Å². The highest BCUT2D eigenvalue weighted by molar-refractivity contribution is 7.12. The number of hydrogen-bond acceptors (Lipinski definition) is 1. The van der Waals surface area contributed by atoms with Crippen LogP contribution in [0.4, 0.5) is 0 Å². The standard InChI is InChI=1S/C15H26S/c1-5-6-7-8-9-12(2)10-15-11-13(3)16-14(15)4/h11-12H,5-10H2,1-4H3/t12-/m1/s1. The lowest BCUT2D eigenvalue weighted by Gasteiger charge is -2.10. The van der Waals surface area contributed by atoms with Gasteiger partial charge in [0.1, 0.15) is 0 Å². The van der Waals surface area contributed by atoms with Gasteiger partial charge in [-0.3, -0.25) is 0 Å². The highest BCUT2D eigenvalue weighted by Gasteiger charge is 2.08. The molecule has 92 valence electrons. The molecule has 0 unspecified atom stereocenters. The molecule has 0 amide bonds. The van der Waals surface area contributed by atoms with Crippen molar-refractivity contribution in [3.63, 3.8) is 0 Å². The van der Waals surface area contributed by atoms with Crippen LogP contribution in [0.15, 0.2) is 6.07 Å². The van der Waals surface area contributed by atoms with Crippen LogP contribution in [-0.2, 0) is 6.42 Å². The molecule has 0 radical (unpaired) electrons. The summed E-state index contributed by atoms with van der Waals surface area (Å²) in [5, 5.41) is 0. The summed E-state index contributed by atoms with van der Waals surface area (Å²) in [4.78, 5) is 2.99. The van der Waals surface area contributed by atoms with Crippen molar-refractivity contribution in [3.05, 3.63) is 21.4 Å². The minimum Gasteiger partial charge on any atom is -0.146 e. The van der Waals surface area contributed by atoms with E-state index in [0.717, 1.165) is 5.92 Å². The van der Waals surface area contributed by atoms with Gasteiger partial charge in [-0.25, -0.2) is 0 Å². The summed E-state index contributed by atoms with van der Waals surface area (Å²) in [5.74, 6) is 0.851. The van der Waals surface area contributed by atoms with Gasteiger partial charge >= 0.3 is 0 Å². The topological polar surface area (TPSA) is 0 Å². The molecular formula is C15H26S. The zero-order valence-corrected chi connectivity index (χ0v) is 12.1. The molecule has 0 spiro atoms. The first kappa shape index (κ1) is 13.8.